The first-order valence-electron chi connectivity index (χ1n) is 12.7. The normalized spacial score (nSPS) is 14.2. The average Bonchev–Trinajstić information content (AvgIpc) is 3.41. The molecule has 0 unspecified atom stereocenters. The van der Waals surface area contributed by atoms with E-state index in [0.29, 0.717) is 35.4 Å². The Bertz CT molecular complexity index is 1650. The zero-order chi connectivity index (χ0) is 26.1. The summed E-state index contributed by atoms with van der Waals surface area (Å²) in [6.07, 6.45) is 4.13. The molecular formula is C29H28N6O3. The van der Waals surface area contributed by atoms with Crippen LogP contribution in [0.1, 0.15) is 29.9 Å². The van der Waals surface area contributed by atoms with E-state index < -0.39 is 0 Å². The van der Waals surface area contributed by atoms with Crippen LogP contribution in [0, 0.1) is 6.92 Å². The van der Waals surface area contributed by atoms with Gasteiger partial charge in [0, 0.05) is 49.0 Å². The first kappa shape index (κ1) is 24.0. The van der Waals surface area contributed by atoms with Crippen molar-refractivity contribution in [2.45, 2.75) is 32.2 Å². The molecule has 1 aliphatic heterocycles. The summed E-state index contributed by atoms with van der Waals surface area (Å²) in [4.78, 5) is 22.7. The summed E-state index contributed by atoms with van der Waals surface area (Å²) >= 11 is 0. The molecule has 9 heteroatoms. The Morgan fingerprint density at radius 3 is 2.66 bits per heavy atom. The molecule has 1 N–H and O–H groups in total. The molecule has 0 spiro atoms. The summed E-state index contributed by atoms with van der Waals surface area (Å²) in [7, 11) is 1.74. The number of nitrogens with one attached hydrogen (secondary N) is 1. The van der Waals surface area contributed by atoms with Gasteiger partial charge in [0.25, 0.3) is 5.56 Å². The molecule has 0 atom stereocenters. The monoisotopic (exact) mass is 508 g/mol. The average molecular weight is 509 g/mol. The fourth-order valence-corrected chi connectivity index (χ4v) is 4.79. The van der Waals surface area contributed by atoms with Gasteiger partial charge in [-0.15, -0.1) is 10.2 Å². The Labute approximate surface area is 219 Å². The molecule has 1 saturated heterocycles. The molecule has 0 aliphatic carbocycles. The third kappa shape index (κ3) is 4.80. The van der Waals surface area contributed by atoms with E-state index in [2.05, 4.69) is 25.5 Å². The molecule has 38 heavy (non-hydrogen) atoms. The van der Waals surface area contributed by atoms with Crippen molar-refractivity contribution >= 4 is 17.0 Å². The van der Waals surface area contributed by atoms with Crippen LogP contribution in [-0.4, -0.2) is 44.0 Å². The molecule has 1 aliphatic rings. The summed E-state index contributed by atoms with van der Waals surface area (Å²) in [6.45, 7) is 3.43. The van der Waals surface area contributed by atoms with Crippen molar-refractivity contribution < 1.29 is 9.15 Å². The van der Waals surface area contributed by atoms with Gasteiger partial charge in [0.15, 0.2) is 0 Å². The van der Waals surface area contributed by atoms with Crippen molar-refractivity contribution in [2.24, 2.45) is 7.05 Å². The maximum atomic E-state index is 13.5. The van der Waals surface area contributed by atoms with Crippen LogP contribution in [0.25, 0.3) is 33.6 Å². The van der Waals surface area contributed by atoms with Gasteiger partial charge in [-0.2, -0.15) is 4.98 Å². The molecule has 3 aromatic heterocycles. The number of aromatic nitrogens is 5. The number of pyridine rings is 1. The van der Waals surface area contributed by atoms with Crippen LogP contribution in [-0.2, 0) is 18.2 Å². The lowest BCUT2D eigenvalue weighted by atomic mass is 9.98. The third-order valence-corrected chi connectivity index (χ3v) is 6.94. The van der Waals surface area contributed by atoms with E-state index in [1.165, 1.54) is 0 Å². The Kier molecular flexibility index (Phi) is 6.43. The van der Waals surface area contributed by atoms with Gasteiger partial charge < -0.3 is 14.5 Å². The minimum Gasteiger partial charge on any atom is -0.420 e. The summed E-state index contributed by atoms with van der Waals surface area (Å²) in [6, 6.07) is 17.9. The SMILES string of the molecule is Cc1ccc(-c2nnc(Cc3ccccc3)o2)cc1-c1cc2cnc(NC3CCOCC3)nc2n(C)c1=O. The van der Waals surface area contributed by atoms with Crippen LogP contribution >= 0.6 is 0 Å². The molecule has 0 saturated carbocycles. The van der Waals surface area contributed by atoms with Gasteiger partial charge in [-0.25, -0.2) is 4.98 Å². The summed E-state index contributed by atoms with van der Waals surface area (Å²) in [5.41, 5.74) is 4.64. The van der Waals surface area contributed by atoms with Crippen LogP contribution in [0.4, 0.5) is 5.95 Å². The zero-order valence-corrected chi connectivity index (χ0v) is 21.3. The summed E-state index contributed by atoms with van der Waals surface area (Å²) < 4.78 is 13.0. The molecule has 6 rings (SSSR count). The summed E-state index contributed by atoms with van der Waals surface area (Å²) in [5.74, 6) is 1.48. The number of hydrogen-bond acceptors (Lipinski definition) is 8. The quantitative estimate of drug-likeness (QED) is 0.356. The van der Waals surface area contributed by atoms with E-state index >= 15 is 0 Å². The van der Waals surface area contributed by atoms with Gasteiger partial charge in [-0.1, -0.05) is 36.4 Å². The number of anilines is 1. The highest BCUT2D eigenvalue weighted by Gasteiger charge is 2.18. The number of nitrogens with zero attached hydrogens (tertiary/aromatic N) is 5. The van der Waals surface area contributed by atoms with E-state index in [4.69, 9.17) is 9.15 Å². The number of ether oxygens (including phenoxy) is 1. The molecule has 5 aromatic rings. The minimum atomic E-state index is -0.135. The van der Waals surface area contributed by atoms with Crippen LogP contribution in [0.15, 0.2) is 70.0 Å². The molecule has 192 valence electrons. The van der Waals surface area contributed by atoms with Gasteiger partial charge in [-0.3, -0.25) is 9.36 Å². The topological polar surface area (TPSA) is 108 Å². The van der Waals surface area contributed by atoms with Gasteiger partial charge in [-0.05, 0) is 54.7 Å². The Morgan fingerprint density at radius 2 is 1.84 bits per heavy atom. The van der Waals surface area contributed by atoms with E-state index in [1.807, 2.05) is 61.5 Å². The number of benzene rings is 2. The van der Waals surface area contributed by atoms with Gasteiger partial charge in [0.1, 0.15) is 5.65 Å². The smallest absolute Gasteiger partial charge is 0.259 e. The number of rotatable bonds is 6. The maximum Gasteiger partial charge on any atom is 0.259 e. The minimum absolute atomic E-state index is 0.135. The van der Waals surface area contributed by atoms with Crippen LogP contribution < -0.4 is 10.9 Å². The fraction of sp³-hybridized carbons (Fsp3) is 0.276. The third-order valence-electron chi connectivity index (χ3n) is 6.94. The number of hydrogen-bond donors (Lipinski definition) is 1. The second-order valence-corrected chi connectivity index (χ2v) is 9.62. The molecule has 4 heterocycles. The molecule has 2 aromatic carbocycles. The largest absolute Gasteiger partial charge is 0.420 e. The molecule has 0 bridgehead atoms. The lowest BCUT2D eigenvalue weighted by Gasteiger charge is -2.23. The van der Waals surface area contributed by atoms with Crippen molar-refractivity contribution in [3.05, 3.63) is 88.2 Å². The molecule has 1 fully saturated rings. The van der Waals surface area contributed by atoms with E-state index in [1.54, 1.807) is 17.8 Å². The highest BCUT2D eigenvalue weighted by atomic mass is 16.5. The van der Waals surface area contributed by atoms with Gasteiger partial charge >= 0.3 is 0 Å². The fourth-order valence-electron chi connectivity index (χ4n) is 4.79. The standard InChI is InChI=1S/C29H28N6O3/c1-18-8-9-20(27-34-33-25(38-27)14-19-6-4-3-5-7-19)15-23(18)24-16-21-17-30-29(31-22-10-12-37-13-11-22)32-26(21)35(2)28(24)36/h3-9,15-17,22H,10-14H2,1-2H3,(H,30,31,32). The van der Waals surface area contributed by atoms with Gasteiger partial charge in [0.05, 0.1) is 6.42 Å². The first-order chi connectivity index (χ1) is 18.5. The predicted molar refractivity (Wildman–Crippen MR) is 145 cm³/mol. The molecule has 9 nitrogen and oxygen atoms in total. The second-order valence-electron chi connectivity index (χ2n) is 9.62. The number of aryl methyl sites for hydroxylation is 2. The van der Waals surface area contributed by atoms with Crippen LogP contribution in [0.3, 0.4) is 0 Å². The van der Waals surface area contributed by atoms with E-state index in [-0.39, 0.29) is 11.6 Å². The molecule has 0 radical (unpaired) electrons. The molecule has 0 amide bonds. The Morgan fingerprint density at radius 1 is 1.03 bits per heavy atom. The van der Waals surface area contributed by atoms with Crippen molar-refractivity contribution in [3.63, 3.8) is 0 Å². The highest BCUT2D eigenvalue weighted by molar-refractivity contribution is 5.83. The zero-order valence-electron chi connectivity index (χ0n) is 21.3. The predicted octanol–water partition coefficient (Wildman–Crippen LogP) is 4.54. The Balaban J connectivity index is 1.32. The summed E-state index contributed by atoms with van der Waals surface area (Å²) in [5, 5.41) is 12.6. The lowest BCUT2D eigenvalue weighted by molar-refractivity contribution is 0.0903. The number of fused-ring (bicyclic) bond motifs is 1. The molecular weight excluding hydrogens is 480 g/mol. The van der Waals surface area contributed by atoms with Crippen molar-refractivity contribution in [1.29, 1.82) is 0 Å². The highest BCUT2D eigenvalue weighted by Crippen LogP contribution is 2.29. The van der Waals surface area contributed by atoms with Crippen molar-refractivity contribution in [3.8, 4) is 22.6 Å². The van der Waals surface area contributed by atoms with Crippen molar-refractivity contribution in [2.75, 3.05) is 18.5 Å². The Hall–Kier alpha value is -4.37. The van der Waals surface area contributed by atoms with Crippen molar-refractivity contribution in [1.82, 2.24) is 24.7 Å². The maximum absolute atomic E-state index is 13.5. The van der Waals surface area contributed by atoms with E-state index in [9.17, 15) is 4.79 Å². The second kappa shape index (κ2) is 10.2. The lowest BCUT2D eigenvalue weighted by Crippen LogP contribution is -2.29. The first-order valence-corrected chi connectivity index (χ1v) is 12.7. The van der Waals surface area contributed by atoms with Crippen LogP contribution in [0.5, 0.6) is 0 Å². The van der Waals surface area contributed by atoms with E-state index in [0.717, 1.165) is 53.7 Å². The van der Waals surface area contributed by atoms with Crippen LogP contribution in [0.2, 0.25) is 0 Å². The van der Waals surface area contributed by atoms with Gasteiger partial charge in [0.2, 0.25) is 17.7 Å².